The minimum Gasteiger partial charge on any atom is -0.390 e. The summed E-state index contributed by atoms with van der Waals surface area (Å²) in [6.07, 6.45) is 14.5. The molecule has 4 rings (SSSR count). The second-order valence-corrected chi connectivity index (χ2v) is 14.7. The minimum absolute atomic E-state index is 0.0106. The Hall–Kier alpha value is -0.300. The van der Waals surface area contributed by atoms with E-state index in [1.165, 1.54) is 64.2 Å². The van der Waals surface area contributed by atoms with Crippen LogP contribution in [0.3, 0.4) is 0 Å². The summed E-state index contributed by atoms with van der Waals surface area (Å²) in [6.45, 7) is 22.1. The van der Waals surface area contributed by atoms with E-state index in [9.17, 15) is 5.11 Å². The molecule has 2 saturated carbocycles. The van der Waals surface area contributed by atoms with Crippen LogP contribution in [0.15, 0.2) is 11.1 Å². The molecule has 7 atom stereocenters. The van der Waals surface area contributed by atoms with E-state index < -0.39 is 5.60 Å². The SMILES string of the molecule is CC(C)CCCC(C)C1CCC2(C)C3=C(CCC12C)C1(C)CCC(C)(O)C(C)(C)C1CC3. The molecule has 0 saturated heterocycles. The summed E-state index contributed by atoms with van der Waals surface area (Å²) < 4.78 is 0. The Morgan fingerprint density at radius 3 is 2.16 bits per heavy atom. The van der Waals surface area contributed by atoms with E-state index in [0.717, 1.165) is 24.2 Å². The van der Waals surface area contributed by atoms with Crippen molar-refractivity contribution >= 4 is 0 Å². The van der Waals surface area contributed by atoms with Crippen molar-refractivity contribution in [2.45, 2.75) is 139 Å². The van der Waals surface area contributed by atoms with Crippen molar-refractivity contribution in [1.29, 1.82) is 0 Å². The van der Waals surface area contributed by atoms with Gasteiger partial charge >= 0.3 is 0 Å². The smallest absolute Gasteiger partial charge is 0.0673 e. The highest BCUT2D eigenvalue weighted by molar-refractivity contribution is 5.39. The van der Waals surface area contributed by atoms with Gasteiger partial charge in [-0.2, -0.15) is 0 Å². The molecule has 4 aliphatic carbocycles. The predicted octanol–water partition coefficient (Wildman–Crippen LogP) is 8.95. The average molecular weight is 443 g/mol. The van der Waals surface area contributed by atoms with Crippen LogP contribution < -0.4 is 0 Å². The van der Waals surface area contributed by atoms with Crippen molar-refractivity contribution in [3.63, 3.8) is 0 Å². The van der Waals surface area contributed by atoms with Crippen molar-refractivity contribution in [2.75, 3.05) is 0 Å². The van der Waals surface area contributed by atoms with Gasteiger partial charge in [-0.3, -0.25) is 0 Å². The first-order chi connectivity index (χ1) is 14.7. The van der Waals surface area contributed by atoms with Gasteiger partial charge in [0.05, 0.1) is 5.60 Å². The average Bonchev–Trinajstić information content (AvgIpc) is 2.97. The minimum atomic E-state index is -0.536. The van der Waals surface area contributed by atoms with Crippen LogP contribution >= 0.6 is 0 Å². The van der Waals surface area contributed by atoms with Gasteiger partial charge < -0.3 is 5.11 Å². The Morgan fingerprint density at radius 1 is 0.812 bits per heavy atom. The van der Waals surface area contributed by atoms with Crippen LogP contribution in [-0.2, 0) is 0 Å². The van der Waals surface area contributed by atoms with Crippen LogP contribution in [0.1, 0.15) is 133 Å². The summed E-state index contributed by atoms with van der Waals surface area (Å²) in [4.78, 5) is 0. The molecule has 2 fully saturated rings. The molecule has 7 unspecified atom stereocenters. The van der Waals surface area contributed by atoms with Crippen LogP contribution in [0.5, 0.6) is 0 Å². The van der Waals surface area contributed by atoms with E-state index in [1.54, 1.807) is 0 Å². The quantitative estimate of drug-likeness (QED) is 0.421. The zero-order valence-electron chi connectivity index (χ0n) is 23.0. The van der Waals surface area contributed by atoms with Crippen LogP contribution in [0.2, 0.25) is 0 Å². The van der Waals surface area contributed by atoms with Crippen LogP contribution in [0.25, 0.3) is 0 Å². The molecule has 0 heterocycles. The number of allylic oxidation sites excluding steroid dienone is 2. The Labute approximate surface area is 200 Å². The molecule has 0 bridgehead atoms. The van der Waals surface area contributed by atoms with E-state index in [0.29, 0.717) is 22.2 Å². The van der Waals surface area contributed by atoms with Gasteiger partial charge in [-0.25, -0.2) is 0 Å². The van der Waals surface area contributed by atoms with E-state index in [4.69, 9.17) is 0 Å². The van der Waals surface area contributed by atoms with Crippen molar-refractivity contribution in [3.05, 3.63) is 11.1 Å². The molecule has 1 heteroatoms. The third-order valence-electron chi connectivity index (χ3n) is 12.6. The predicted molar refractivity (Wildman–Crippen MR) is 138 cm³/mol. The normalized spacial score (nSPS) is 46.6. The molecule has 32 heavy (non-hydrogen) atoms. The lowest BCUT2D eigenvalue weighted by molar-refractivity contribution is -0.158. The molecule has 0 aromatic carbocycles. The van der Waals surface area contributed by atoms with Gasteiger partial charge in [0.2, 0.25) is 0 Å². The summed E-state index contributed by atoms with van der Waals surface area (Å²) in [5.74, 6) is 3.20. The maximum absolute atomic E-state index is 11.3. The van der Waals surface area contributed by atoms with Crippen LogP contribution in [-0.4, -0.2) is 10.7 Å². The Morgan fingerprint density at radius 2 is 1.50 bits per heavy atom. The lowest BCUT2D eigenvalue weighted by Crippen LogP contribution is -2.59. The third kappa shape index (κ3) is 3.33. The zero-order chi connectivity index (χ0) is 23.7. The van der Waals surface area contributed by atoms with Gasteiger partial charge in [0, 0.05) is 0 Å². The molecule has 0 spiro atoms. The number of rotatable bonds is 5. The summed E-state index contributed by atoms with van der Waals surface area (Å²) in [5.41, 5.74) is 4.36. The topological polar surface area (TPSA) is 20.2 Å². The number of aliphatic hydroxyl groups is 1. The van der Waals surface area contributed by atoms with E-state index >= 15 is 0 Å². The number of hydrogen-bond donors (Lipinski definition) is 1. The fraction of sp³-hybridized carbons (Fsp3) is 0.935. The standard InChI is InChI=1S/C31H54O/c1-21(2)11-10-12-22(3)23-15-17-30(8)25-13-14-26-27(4,5)31(9,32)20-19-28(26,6)24(25)16-18-29(23,30)7/h21-23,26,32H,10-20H2,1-9H3. The monoisotopic (exact) mass is 442 g/mol. The molecule has 0 amide bonds. The van der Waals surface area contributed by atoms with Crippen molar-refractivity contribution < 1.29 is 5.11 Å². The second kappa shape index (κ2) is 7.86. The molecule has 4 aliphatic rings. The third-order valence-corrected chi connectivity index (χ3v) is 12.6. The first-order valence-corrected chi connectivity index (χ1v) is 14.2. The number of hydrogen-bond acceptors (Lipinski definition) is 1. The van der Waals surface area contributed by atoms with Crippen molar-refractivity contribution in [1.82, 2.24) is 0 Å². The largest absolute Gasteiger partial charge is 0.390 e. The Balaban J connectivity index is 1.64. The van der Waals surface area contributed by atoms with E-state index in [1.807, 2.05) is 11.1 Å². The molecule has 0 aliphatic heterocycles. The van der Waals surface area contributed by atoms with Gasteiger partial charge in [-0.15, -0.1) is 0 Å². The zero-order valence-corrected chi connectivity index (χ0v) is 23.0. The van der Waals surface area contributed by atoms with E-state index in [-0.39, 0.29) is 5.41 Å². The first kappa shape index (κ1) is 24.8. The van der Waals surface area contributed by atoms with E-state index in [2.05, 4.69) is 62.3 Å². The van der Waals surface area contributed by atoms with Crippen LogP contribution in [0.4, 0.5) is 0 Å². The lowest BCUT2D eigenvalue weighted by Gasteiger charge is -2.64. The van der Waals surface area contributed by atoms with Crippen LogP contribution in [0, 0.1) is 45.3 Å². The van der Waals surface area contributed by atoms with Gasteiger partial charge in [-0.05, 0) is 104 Å². The maximum atomic E-state index is 11.3. The van der Waals surface area contributed by atoms with Crippen molar-refractivity contribution in [2.24, 2.45) is 45.3 Å². The molecule has 184 valence electrons. The highest BCUT2D eigenvalue weighted by Crippen LogP contribution is 2.73. The summed E-state index contributed by atoms with van der Waals surface area (Å²) in [5, 5.41) is 11.3. The fourth-order valence-corrected chi connectivity index (χ4v) is 9.80. The highest BCUT2D eigenvalue weighted by atomic mass is 16.3. The lowest BCUT2D eigenvalue weighted by atomic mass is 9.41. The Kier molecular flexibility index (Phi) is 6.09. The molecular formula is C31H54O. The summed E-state index contributed by atoms with van der Waals surface area (Å²) >= 11 is 0. The molecule has 1 N–H and O–H groups in total. The van der Waals surface area contributed by atoms with Crippen molar-refractivity contribution in [3.8, 4) is 0 Å². The molecule has 0 aromatic heterocycles. The second-order valence-electron chi connectivity index (χ2n) is 14.7. The molecule has 0 aromatic rings. The fourth-order valence-electron chi connectivity index (χ4n) is 9.80. The maximum Gasteiger partial charge on any atom is 0.0673 e. The molecule has 1 nitrogen and oxygen atoms in total. The molecular weight excluding hydrogens is 388 g/mol. The number of fused-ring (bicyclic) bond motifs is 4. The van der Waals surface area contributed by atoms with Gasteiger partial charge in [0.1, 0.15) is 0 Å². The van der Waals surface area contributed by atoms with Gasteiger partial charge in [0.15, 0.2) is 0 Å². The first-order valence-electron chi connectivity index (χ1n) is 14.2. The Bertz CT molecular complexity index is 756. The molecule has 0 radical (unpaired) electrons. The van der Waals surface area contributed by atoms with Gasteiger partial charge in [-0.1, -0.05) is 85.8 Å². The highest BCUT2D eigenvalue weighted by Gasteiger charge is 2.64. The summed E-state index contributed by atoms with van der Waals surface area (Å²) in [7, 11) is 0. The summed E-state index contributed by atoms with van der Waals surface area (Å²) in [6, 6.07) is 0. The van der Waals surface area contributed by atoms with Gasteiger partial charge in [0.25, 0.3) is 0 Å².